The number of amides is 2. The van der Waals surface area contributed by atoms with Gasteiger partial charge in [-0.25, -0.2) is 12.8 Å². The van der Waals surface area contributed by atoms with Crippen LogP contribution in [0.4, 0.5) is 10.1 Å². The van der Waals surface area contributed by atoms with Crippen molar-refractivity contribution in [2.45, 2.75) is 51.1 Å². The van der Waals surface area contributed by atoms with Crippen molar-refractivity contribution < 1.29 is 27.1 Å². The Hall–Kier alpha value is -3.92. The zero-order valence-corrected chi connectivity index (χ0v) is 24.1. The number of sulfonamides is 1. The van der Waals surface area contributed by atoms with E-state index in [2.05, 4.69) is 5.32 Å². The standard InChI is InChI=1S/C30H36FN3O5S/c1-5-6-19-32-30(36)23(3)33(20-24-9-15-27(39-4)16-10-24)29(35)21-34(26-13-7-22(2)8-14-26)40(37,38)28-17-11-25(31)12-18-28/h7-18,23H,5-6,19-21H2,1-4H3,(H,32,36)/t23-/m0/s1. The summed E-state index contributed by atoms with van der Waals surface area (Å²) in [7, 11) is -2.71. The van der Waals surface area contributed by atoms with Crippen LogP contribution in [0.2, 0.25) is 0 Å². The summed E-state index contributed by atoms with van der Waals surface area (Å²) in [4.78, 5) is 28.1. The van der Waals surface area contributed by atoms with Crippen LogP contribution < -0.4 is 14.4 Å². The number of carbonyl (C=O) groups is 2. The van der Waals surface area contributed by atoms with E-state index in [0.29, 0.717) is 12.3 Å². The molecule has 1 atom stereocenters. The number of halogens is 1. The minimum Gasteiger partial charge on any atom is -0.497 e. The van der Waals surface area contributed by atoms with E-state index in [0.717, 1.165) is 52.5 Å². The average Bonchev–Trinajstić information content (AvgIpc) is 2.95. The van der Waals surface area contributed by atoms with Gasteiger partial charge in [-0.15, -0.1) is 0 Å². The second-order valence-electron chi connectivity index (χ2n) is 9.49. The van der Waals surface area contributed by atoms with Crippen molar-refractivity contribution in [2.24, 2.45) is 0 Å². The number of nitrogens with zero attached hydrogens (tertiary/aromatic N) is 2. The van der Waals surface area contributed by atoms with Gasteiger partial charge in [0.2, 0.25) is 11.8 Å². The lowest BCUT2D eigenvalue weighted by atomic mass is 10.1. The number of hydrogen-bond acceptors (Lipinski definition) is 5. The smallest absolute Gasteiger partial charge is 0.264 e. The SMILES string of the molecule is CCCCNC(=O)[C@H](C)N(Cc1ccc(OC)cc1)C(=O)CN(c1ccc(C)cc1)S(=O)(=O)c1ccc(F)cc1. The number of unbranched alkanes of at least 4 members (excludes halogenated alkanes) is 1. The number of methoxy groups -OCH3 is 1. The Morgan fingerprint density at radius 3 is 2.17 bits per heavy atom. The molecule has 10 heteroatoms. The van der Waals surface area contributed by atoms with Crippen LogP contribution in [0.3, 0.4) is 0 Å². The molecule has 1 N–H and O–H groups in total. The molecular formula is C30H36FN3O5S. The molecule has 3 aromatic carbocycles. The normalized spacial score (nSPS) is 11.9. The lowest BCUT2D eigenvalue weighted by molar-refractivity contribution is -0.139. The van der Waals surface area contributed by atoms with E-state index < -0.39 is 34.3 Å². The molecule has 0 fully saturated rings. The summed E-state index contributed by atoms with van der Waals surface area (Å²) < 4.78 is 47.3. The molecule has 214 valence electrons. The van der Waals surface area contributed by atoms with Gasteiger partial charge in [-0.1, -0.05) is 43.2 Å². The molecule has 40 heavy (non-hydrogen) atoms. The molecule has 2 amide bonds. The number of aryl methyl sites for hydroxylation is 1. The van der Waals surface area contributed by atoms with Crippen LogP contribution in [0.5, 0.6) is 5.75 Å². The molecular weight excluding hydrogens is 533 g/mol. The first kappa shape index (κ1) is 30.6. The number of benzene rings is 3. The summed E-state index contributed by atoms with van der Waals surface area (Å²) >= 11 is 0. The van der Waals surface area contributed by atoms with Gasteiger partial charge in [0.05, 0.1) is 17.7 Å². The van der Waals surface area contributed by atoms with Gasteiger partial charge in [-0.2, -0.15) is 0 Å². The highest BCUT2D eigenvalue weighted by molar-refractivity contribution is 7.92. The number of hydrogen-bond donors (Lipinski definition) is 1. The van der Waals surface area contributed by atoms with E-state index in [1.54, 1.807) is 62.6 Å². The predicted molar refractivity (Wildman–Crippen MR) is 153 cm³/mol. The molecule has 8 nitrogen and oxygen atoms in total. The second-order valence-corrected chi connectivity index (χ2v) is 11.4. The Labute approximate surface area is 235 Å². The summed E-state index contributed by atoms with van der Waals surface area (Å²) in [6, 6.07) is 17.3. The molecule has 3 aromatic rings. The number of rotatable bonds is 13. The maximum absolute atomic E-state index is 13.9. The molecule has 0 heterocycles. The Morgan fingerprint density at radius 2 is 1.60 bits per heavy atom. The number of carbonyl (C=O) groups excluding carboxylic acids is 2. The third kappa shape index (κ3) is 7.81. The fourth-order valence-corrected chi connectivity index (χ4v) is 5.43. The molecule has 0 radical (unpaired) electrons. The fraction of sp³-hybridized carbons (Fsp3) is 0.333. The van der Waals surface area contributed by atoms with Crippen molar-refractivity contribution in [2.75, 3.05) is 24.5 Å². The summed E-state index contributed by atoms with van der Waals surface area (Å²) in [6.45, 7) is 5.47. The minimum absolute atomic E-state index is 0.0729. The van der Waals surface area contributed by atoms with Crippen LogP contribution in [0.1, 0.15) is 37.8 Å². The largest absolute Gasteiger partial charge is 0.497 e. The first-order valence-corrected chi connectivity index (χ1v) is 14.6. The number of ether oxygens (including phenoxy) is 1. The van der Waals surface area contributed by atoms with E-state index in [9.17, 15) is 22.4 Å². The van der Waals surface area contributed by atoms with Crippen LogP contribution in [0.25, 0.3) is 0 Å². The van der Waals surface area contributed by atoms with Crippen molar-refractivity contribution in [1.29, 1.82) is 0 Å². The zero-order valence-electron chi connectivity index (χ0n) is 23.3. The Morgan fingerprint density at radius 1 is 0.975 bits per heavy atom. The van der Waals surface area contributed by atoms with Gasteiger partial charge < -0.3 is 15.0 Å². The molecule has 0 bridgehead atoms. The van der Waals surface area contributed by atoms with Crippen molar-refractivity contribution in [3.63, 3.8) is 0 Å². The topological polar surface area (TPSA) is 96.0 Å². The highest BCUT2D eigenvalue weighted by Gasteiger charge is 2.32. The van der Waals surface area contributed by atoms with Crippen LogP contribution in [-0.4, -0.2) is 51.4 Å². The molecule has 0 aliphatic carbocycles. The molecule has 0 unspecified atom stereocenters. The van der Waals surface area contributed by atoms with E-state index in [1.165, 1.54) is 4.90 Å². The first-order valence-electron chi connectivity index (χ1n) is 13.1. The van der Waals surface area contributed by atoms with E-state index >= 15 is 0 Å². The van der Waals surface area contributed by atoms with Crippen LogP contribution in [0.15, 0.2) is 77.7 Å². The van der Waals surface area contributed by atoms with E-state index in [-0.39, 0.29) is 23.0 Å². The summed E-state index contributed by atoms with van der Waals surface area (Å²) in [5.74, 6) is -0.841. The van der Waals surface area contributed by atoms with E-state index in [1.807, 2.05) is 13.8 Å². The van der Waals surface area contributed by atoms with E-state index in [4.69, 9.17) is 4.74 Å². The Bertz CT molecular complexity index is 1380. The van der Waals surface area contributed by atoms with Gasteiger partial charge in [-0.3, -0.25) is 13.9 Å². The van der Waals surface area contributed by atoms with Gasteiger partial charge >= 0.3 is 0 Å². The van der Waals surface area contributed by atoms with Crippen LogP contribution >= 0.6 is 0 Å². The maximum Gasteiger partial charge on any atom is 0.264 e. The second kappa shape index (κ2) is 13.9. The van der Waals surface area contributed by atoms with Crippen molar-refractivity contribution >= 4 is 27.5 Å². The Balaban J connectivity index is 1.98. The number of anilines is 1. The molecule has 0 aromatic heterocycles. The summed E-state index contributed by atoms with van der Waals surface area (Å²) in [5.41, 5.74) is 1.92. The van der Waals surface area contributed by atoms with Crippen molar-refractivity contribution in [3.8, 4) is 5.75 Å². The molecule has 0 saturated carbocycles. The first-order chi connectivity index (χ1) is 19.1. The molecule has 0 spiro atoms. The monoisotopic (exact) mass is 569 g/mol. The minimum atomic E-state index is -4.26. The van der Waals surface area contributed by atoms with Crippen molar-refractivity contribution in [1.82, 2.24) is 10.2 Å². The molecule has 0 saturated heterocycles. The van der Waals surface area contributed by atoms with Gasteiger partial charge in [0.15, 0.2) is 0 Å². The highest BCUT2D eigenvalue weighted by atomic mass is 32.2. The van der Waals surface area contributed by atoms with Crippen LogP contribution in [0, 0.1) is 12.7 Å². The summed E-state index contributed by atoms with van der Waals surface area (Å²) in [6.07, 6.45) is 1.69. The lowest BCUT2D eigenvalue weighted by Gasteiger charge is -2.32. The third-order valence-corrected chi connectivity index (χ3v) is 8.30. The molecule has 3 rings (SSSR count). The van der Waals surface area contributed by atoms with Gasteiger partial charge in [-0.05, 0) is 74.4 Å². The highest BCUT2D eigenvalue weighted by Crippen LogP contribution is 2.25. The maximum atomic E-state index is 13.9. The average molecular weight is 570 g/mol. The van der Waals surface area contributed by atoms with Gasteiger partial charge in [0.1, 0.15) is 24.2 Å². The van der Waals surface area contributed by atoms with Gasteiger partial charge in [0.25, 0.3) is 10.0 Å². The number of nitrogens with one attached hydrogen (secondary N) is 1. The van der Waals surface area contributed by atoms with Crippen molar-refractivity contribution in [3.05, 3.63) is 89.7 Å². The zero-order chi connectivity index (χ0) is 29.3. The van der Waals surface area contributed by atoms with Gasteiger partial charge in [0, 0.05) is 13.1 Å². The summed E-state index contributed by atoms with van der Waals surface area (Å²) in [5, 5.41) is 2.86. The quantitative estimate of drug-likeness (QED) is 0.302. The third-order valence-electron chi connectivity index (χ3n) is 6.51. The fourth-order valence-electron chi connectivity index (χ4n) is 4.02. The predicted octanol–water partition coefficient (Wildman–Crippen LogP) is 4.67. The molecule has 0 aliphatic heterocycles. The molecule has 0 aliphatic rings. The Kier molecular flexibility index (Phi) is 10.7. The van der Waals surface area contributed by atoms with Crippen LogP contribution in [-0.2, 0) is 26.2 Å². The lowest BCUT2D eigenvalue weighted by Crippen LogP contribution is -2.51.